The largest absolute Gasteiger partial charge is 0.342 e. The van der Waals surface area contributed by atoms with Crippen molar-refractivity contribution >= 4 is 29.3 Å². The molecular formula is C17H22ClN5OS. The van der Waals surface area contributed by atoms with Gasteiger partial charge in [-0.2, -0.15) is 0 Å². The number of rotatable bonds is 4. The van der Waals surface area contributed by atoms with Crippen molar-refractivity contribution in [1.29, 1.82) is 0 Å². The quantitative estimate of drug-likeness (QED) is 0.652. The Balaban J connectivity index is 1.73. The molecule has 1 saturated heterocycles. The van der Waals surface area contributed by atoms with E-state index in [-0.39, 0.29) is 11.2 Å². The summed E-state index contributed by atoms with van der Waals surface area (Å²) in [6.45, 7) is 3.57. The van der Waals surface area contributed by atoms with Crippen molar-refractivity contribution in [2.45, 2.75) is 43.0 Å². The highest BCUT2D eigenvalue weighted by atomic mass is 35.5. The molecule has 1 aromatic heterocycles. The van der Waals surface area contributed by atoms with Gasteiger partial charge in [-0.3, -0.25) is 4.79 Å². The molecule has 8 heteroatoms. The number of thioether (sulfide) groups is 1. The lowest BCUT2D eigenvalue weighted by molar-refractivity contribution is -0.130. The molecule has 0 bridgehead atoms. The van der Waals surface area contributed by atoms with Crippen molar-refractivity contribution < 1.29 is 4.79 Å². The van der Waals surface area contributed by atoms with Gasteiger partial charge in [0.2, 0.25) is 11.1 Å². The number of halogens is 1. The summed E-state index contributed by atoms with van der Waals surface area (Å²) >= 11 is 7.54. The number of hydrogen-bond donors (Lipinski definition) is 1. The van der Waals surface area contributed by atoms with Gasteiger partial charge in [-0.25, -0.2) is 4.68 Å². The molecule has 2 aromatic rings. The Morgan fingerprint density at radius 3 is 2.56 bits per heavy atom. The predicted molar refractivity (Wildman–Crippen MR) is 101 cm³/mol. The third-order valence-electron chi connectivity index (χ3n) is 4.33. The SMILES string of the molecule is CC(Sc1nnc(-c2ccccc2Cl)n1N)C(=O)N1CCCCCC1. The topological polar surface area (TPSA) is 77.0 Å². The normalized spacial score (nSPS) is 16.5. The van der Waals surface area contributed by atoms with Gasteiger partial charge in [-0.15, -0.1) is 10.2 Å². The zero-order valence-corrected chi connectivity index (χ0v) is 15.8. The molecule has 1 aliphatic heterocycles. The van der Waals surface area contributed by atoms with Crippen LogP contribution in [0.3, 0.4) is 0 Å². The van der Waals surface area contributed by atoms with Crippen LogP contribution in [0.5, 0.6) is 0 Å². The molecule has 1 fully saturated rings. The smallest absolute Gasteiger partial charge is 0.235 e. The maximum atomic E-state index is 12.7. The number of carbonyl (C=O) groups is 1. The molecule has 25 heavy (non-hydrogen) atoms. The first kappa shape index (κ1) is 18.1. The van der Waals surface area contributed by atoms with E-state index in [9.17, 15) is 4.79 Å². The zero-order valence-electron chi connectivity index (χ0n) is 14.2. The van der Waals surface area contributed by atoms with Crippen molar-refractivity contribution in [2.24, 2.45) is 0 Å². The second-order valence-electron chi connectivity index (χ2n) is 6.16. The number of nitrogens with zero attached hydrogens (tertiary/aromatic N) is 4. The van der Waals surface area contributed by atoms with E-state index >= 15 is 0 Å². The molecule has 2 heterocycles. The zero-order chi connectivity index (χ0) is 17.8. The van der Waals surface area contributed by atoms with E-state index in [1.54, 1.807) is 6.07 Å². The van der Waals surface area contributed by atoms with E-state index in [0.717, 1.165) is 31.5 Å². The van der Waals surface area contributed by atoms with Gasteiger partial charge in [0.1, 0.15) is 0 Å². The number of likely N-dealkylation sites (tertiary alicyclic amines) is 1. The molecule has 134 valence electrons. The number of nitrogen functional groups attached to an aromatic ring is 1. The molecule has 0 aliphatic carbocycles. The number of carbonyl (C=O) groups excluding carboxylic acids is 1. The Hall–Kier alpha value is -1.73. The summed E-state index contributed by atoms with van der Waals surface area (Å²) in [5.41, 5.74) is 0.720. The van der Waals surface area contributed by atoms with Crippen LogP contribution in [-0.4, -0.2) is 44.0 Å². The minimum atomic E-state index is -0.260. The van der Waals surface area contributed by atoms with Crippen molar-refractivity contribution in [1.82, 2.24) is 19.8 Å². The van der Waals surface area contributed by atoms with Crippen molar-refractivity contribution in [2.75, 3.05) is 18.9 Å². The molecule has 1 aliphatic rings. The number of benzene rings is 1. The lowest BCUT2D eigenvalue weighted by atomic mass is 10.2. The Morgan fingerprint density at radius 1 is 1.20 bits per heavy atom. The van der Waals surface area contributed by atoms with Crippen molar-refractivity contribution in [3.8, 4) is 11.4 Å². The van der Waals surface area contributed by atoms with Gasteiger partial charge in [-0.1, -0.05) is 48.3 Å². The van der Waals surface area contributed by atoms with Crippen LogP contribution in [0.25, 0.3) is 11.4 Å². The summed E-state index contributed by atoms with van der Waals surface area (Å²) in [6.07, 6.45) is 4.55. The van der Waals surface area contributed by atoms with Crippen LogP contribution >= 0.6 is 23.4 Å². The lowest BCUT2D eigenvalue weighted by Crippen LogP contribution is -2.37. The van der Waals surface area contributed by atoms with Gasteiger partial charge in [0.05, 0.1) is 10.3 Å². The van der Waals surface area contributed by atoms with Gasteiger partial charge < -0.3 is 10.7 Å². The fourth-order valence-corrected chi connectivity index (χ4v) is 4.01. The maximum absolute atomic E-state index is 12.7. The Labute approximate surface area is 156 Å². The van der Waals surface area contributed by atoms with Crippen LogP contribution in [0.2, 0.25) is 5.02 Å². The third-order valence-corrected chi connectivity index (χ3v) is 5.70. The predicted octanol–water partition coefficient (Wildman–Crippen LogP) is 3.20. The Bertz CT molecular complexity index is 742. The molecule has 2 N–H and O–H groups in total. The fourth-order valence-electron chi connectivity index (χ4n) is 2.94. The van der Waals surface area contributed by atoms with E-state index < -0.39 is 0 Å². The number of aromatic nitrogens is 3. The van der Waals surface area contributed by atoms with E-state index in [0.29, 0.717) is 16.0 Å². The molecule has 1 atom stereocenters. The van der Waals surface area contributed by atoms with Crippen LogP contribution in [0.4, 0.5) is 0 Å². The summed E-state index contributed by atoms with van der Waals surface area (Å²) in [4.78, 5) is 14.6. The molecule has 3 rings (SSSR count). The van der Waals surface area contributed by atoms with E-state index in [1.807, 2.05) is 30.0 Å². The van der Waals surface area contributed by atoms with Crippen LogP contribution in [0.15, 0.2) is 29.4 Å². The van der Waals surface area contributed by atoms with E-state index in [2.05, 4.69) is 10.2 Å². The van der Waals surface area contributed by atoms with Gasteiger partial charge in [-0.05, 0) is 31.9 Å². The molecule has 1 amide bonds. The molecule has 1 aromatic carbocycles. The summed E-state index contributed by atoms with van der Waals surface area (Å²) < 4.78 is 1.40. The highest BCUT2D eigenvalue weighted by Crippen LogP contribution is 2.29. The summed E-state index contributed by atoms with van der Waals surface area (Å²) in [6, 6.07) is 7.34. The first-order chi connectivity index (χ1) is 12.1. The van der Waals surface area contributed by atoms with Gasteiger partial charge >= 0.3 is 0 Å². The molecule has 0 radical (unpaired) electrons. The average molecular weight is 380 g/mol. The number of amides is 1. The molecule has 6 nitrogen and oxygen atoms in total. The Morgan fingerprint density at radius 2 is 1.88 bits per heavy atom. The average Bonchev–Trinajstić information content (AvgIpc) is 2.81. The highest BCUT2D eigenvalue weighted by molar-refractivity contribution is 8.00. The van der Waals surface area contributed by atoms with Crippen molar-refractivity contribution in [3.05, 3.63) is 29.3 Å². The number of hydrogen-bond acceptors (Lipinski definition) is 5. The van der Waals surface area contributed by atoms with Gasteiger partial charge in [0.25, 0.3) is 0 Å². The van der Waals surface area contributed by atoms with Crippen LogP contribution in [0, 0.1) is 0 Å². The molecule has 1 unspecified atom stereocenters. The fraction of sp³-hybridized carbons (Fsp3) is 0.471. The first-order valence-corrected chi connectivity index (χ1v) is 9.74. The molecular weight excluding hydrogens is 358 g/mol. The lowest BCUT2D eigenvalue weighted by Gasteiger charge is -2.23. The van der Waals surface area contributed by atoms with Crippen molar-refractivity contribution in [3.63, 3.8) is 0 Å². The van der Waals surface area contributed by atoms with Gasteiger partial charge in [0.15, 0.2) is 5.82 Å². The van der Waals surface area contributed by atoms with E-state index in [4.69, 9.17) is 17.4 Å². The van der Waals surface area contributed by atoms with Crippen LogP contribution in [0.1, 0.15) is 32.6 Å². The monoisotopic (exact) mass is 379 g/mol. The molecule has 0 spiro atoms. The summed E-state index contributed by atoms with van der Waals surface area (Å²) in [5, 5.41) is 9.09. The first-order valence-electron chi connectivity index (χ1n) is 8.48. The van der Waals surface area contributed by atoms with E-state index in [1.165, 1.54) is 29.3 Å². The van der Waals surface area contributed by atoms with Crippen LogP contribution < -0.4 is 5.84 Å². The highest BCUT2D eigenvalue weighted by Gasteiger charge is 2.25. The third kappa shape index (κ3) is 4.10. The second-order valence-corrected chi connectivity index (χ2v) is 7.87. The summed E-state index contributed by atoms with van der Waals surface area (Å²) in [7, 11) is 0. The second kappa shape index (κ2) is 8.10. The Kier molecular flexibility index (Phi) is 5.86. The molecule has 0 saturated carbocycles. The van der Waals surface area contributed by atoms with Gasteiger partial charge in [0, 0.05) is 18.7 Å². The van der Waals surface area contributed by atoms with Crippen LogP contribution in [-0.2, 0) is 4.79 Å². The minimum absolute atomic E-state index is 0.134. The maximum Gasteiger partial charge on any atom is 0.235 e. The summed E-state index contributed by atoms with van der Waals surface area (Å²) in [5.74, 6) is 6.77. The number of nitrogens with two attached hydrogens (primary N) is 1. The standard InChI is InChI=1S/C17H22ClN5OS/c1-12(16(24)22-10-6-2-3-7-11-22)25-17-21-20-15(23(17)19)13-8-4-5-9-14(13)18/h4-5,8-9,12H,2-3,6-7,10-11,19H2,1H3. The minimum Gasteiger partial charge on any atom is -0.342 e.